The minimum atomic E-state index is -5.12. The average molecular weight is 280 g/mol. The predicted molar refractivity (Wildman–Crippen MR) is 62.6 cm³/mol. The van der Waals surface area contributed by atoms with Crippen LogP contribution in [0.4, 0.5) is 8.28 Å². The molecular formula is C12H6F2N2O2S. The van der Waals surface area contributed by atoms with Crippen molar-refractivity contribution in [1.82, 2.24) is 4.98 Å². The Labute approximate surface area is 108 Å². The van der Waals surface area contributed by atoms with Gasteiger partial charge >= 0.3 is 10.2 Å². The van der Waals surface area contributed by atoms with Crippen LogP contribution in [0.5, 0.6) is 0 Å². The summed E-state index contributed by atoms with van der Waals surface area (Å²) in [7, 11) is -5.12. The number of benzene rings is 1. The molecular weight excluding hydrogens is 274 g/mol. The lowest BCUT2D eigenvalue weighted by Crippen LogP contribution is -2.00. The summed E-state index contributed by atoms with van der Waals surface area (Å²) in [6.45, 7) is 0. The number of aromatic nitrogens is 1. The zero-order valence-corrected chi connectivity index (χ0v) is 10.2. The van der Waals surface area contributed by atoms with Gasteiger partial charge in [-0.05, 0) is 24.3 Å². The van der Waals surface area contributed by atoms with Gasteiger partial charge in [-0.3, -0.25) is 0 Å². The lowest BCUT2D eigenvalue weighted by Gasteiger charge is -2.03. The van der Waals surface area contributed by atoms with Crippen molar-refractivity contribution in [1.29, 1.82) is 5.26 Å². The van der Waals surface area contributed by atoms with Crippen molar-refractivity contribution < 1.29 is 16.7 Å². The van der Waals surface area contributed by atoms with E-state index < -0.39 is 21.1 Å². The van der Waals surface area contributed by atoms with Gasteiger partial charge in [0.1, 0.15) is 0 Å². The predicted octanol–water partition coefficient (Wildman–Crippen LogP) is 2.42. The molecule has 0 aliphatic carbocycles. The Morgan fingerprint density at radius 3 is 2.21 bits per heavy atom. The van der Waals surface area contributed by atoms with Gasteiger partial charge in [-0.1, -0.05) is 12.1 Å². The van der Waals surface area contributed by atoms with E-state index in [1.807, 2.05) is 6.07 Å². The smallest absolute Gasteiger partial charge is 0.218 e. The van der Waals surface area contributed by atoms with Crippen LogP contribution in [0.25, 0.3) is 11.3 Å². The van der Waals surface area contributed by atoms with E-state index in [0.717, 1.165) is 6.07 Å². The molecule has 0 aliphatic rings. The topological polar surface area (TPSA) is 70.8 Å². The van der Waals surface area contributed by atoms with Gasteiger partial charge in [0, 0.05) is 5.56 Å². The molecule has 1 heterocycles. The van der Waals surface area contributed by atoms with Crippen LogP contribution in [-0.2, 0) is 10.2 Å². The van der Waals surface area contributed by atoms with E-state index in [1.165, 1.54) is 30.3 Å². The Bertz CT molecular complexity index is 765. The first kappa shape index (κ1) is 13.1. The van der Waals surface area contributed by atoms with E-state index in [-0.39, 0.29) is 5.69 Å². The lowest BCUT2D eigenvalue weighted by atomic mass is 10.1. The molecule has 0 spiro atoms. The SMILES string of the molecule is N#Cc1ccc(-c2ccc(S(=O)(=O)F)c(F)n2)cc1. The maximum absolute atomic E-state index is 13.4. The highest BCUT2D eigenvalue weighted by atomic mass is 32.3. The molecule has 0 amide bonds. The van der Waals surface area contributed by atoms with Crippen LogP contribution in [0.3, 0.4) is 0 Å². The van der Waals surface area contributed by atoms with E-state index in [2.05, 4.69) is 4.98 Å². The van der Waals surface area contributed by atoms with Crippen molar-refractivity contribution in [3.8, 4) is 17.3 Å². The van der Waals surface area contributed by atoms with Gasteiger partial charge in [-0.25, -0.2) is 4.98 Å². The molecule has 0 bridgehead atoms. The third kappa shape index (κ3) is 2.74. The van der Waals surface area contributed by atoms with E-state index in [9.17, 15) is 16.7 Å². The molecule has 0 radical (unpaired) electrons. The Morgan fingerprint density at radius 2 is 1.74 bits per heavy atom. The summed E-state index contributed by atoms with van der Waals surface area (Å²) in [5.74, 6) is -1.40. The second-order valence-corrected chi connectivity index (χ2v) is 4.93. The van der Waals surface area contributed by atoms with Gasteiger partial charge in [0.2, 0.25) is 5.95 Å². The minimum Gasteiger partial charge on any atom is -0.218 e. The van der Waals surface area contributed by atoms with Crippen LogP contribution in [0.15, 0.2) is 41.3 Å². The fourth-order valence-electron chi connectivity index (χ4n) is 1.48. The van der Waals surface area contributed by atoms with E-state index in [0.29, 0.717) is 11.1 Å². The standard InChI is InChI=1S/C12H6F2N2O2S/c13-12-11(19(14,17)18)6-5-10(16-12)9-3-1-8(7-15)2-4-9/h1-6H. The molecule has 2 aromatic rings. The largest absolute Gasteiger partial charge is 0.336 e. The third-order valence-corrected chi connectivity index (χ3v) is 3.22. The zero-order valence-electron chi connectivity index (χ0n) is 9.34. The molecule has 0 fully saturated rings. The van der Waals surface area contributed by atoms with Gasteiger partial charge in [-0.2, -0.15) is 18.1 Å². The minimum absolute atomic E-state index is 0.148. The fraction of sp³-hybridized carbons (Fsp3) is 0. The molecule has 2 rings (SSSR count). The molecule has 19 heavy (non-hydrogen) atoms. The number of halogens is 2. The highest BCUT2D eigenvalue weighted by Gasteiger charge is 2.19. The molecule has 0 atom stereocenters. The molecule has 0 N–H and O–H groups in total. The van der Waals surface area contributed by atoms with Crippen molar-refractivity contribution in [2.75, 3.05) is 0 Å². The summed E-state index contributed by atoms with van der Waals surface area (Å²) in [4.78, 5) is 2.30. The molecule has 0 unspecified atom stereocenters. The van der Waals surface area contributed by atoms with Crippen LogP contribution >= 0.6 is 0 Å². The van der Waals surface area contributed by atoms with Gasteiger partial charge in [-0.15, -0.1) is 3.89 Å². The number of rotatable bonds is 2. The Morgan fingerprint density at radius 1 is 1.11 bits per heavy atom. The van der Waals surface area contributed by atoms with Crippen LogP contribution in [0.2, 0.25) is 0 Å². The summed E-state index contributed by atoms with van der Waals surface area (Å²) < 4.78 is 47.3. The molecule has 0 aliphatic heterocycles. The van der Waals surface area contributed by atoms with Crippen molar-refractivity contribution in [2.24, 2.45) is 0 Å². The van der Waals surface area contributed by atoms with Crippen LogP contribution < -0.4 is 0 Å². The summed E-state index contributed by atoms with van der Waals surface area (Å²) in [5, 5.41) is 8.64. The summed E-state index contributed by atoms with van der Waals surface area (Å²) in [6, 6.07) is 10.0. The summed E-state index contributed by atoms with van der Waals surface area (Å²) >= 11 is 0. The first-order valence-electron chi connectivity index (χ1n) is 5.03. The molecule has 7 heteroatoms. The van der Waals surface area contributed by atoms with Crippen LogP contribution in [0, 0.1) is 17.3 Å². The van der Waals surface area contributed by atoms with Crippen molar-refractivity contribution >= 4 is 10.2 Å². The molecule has 0 saturated heterocycles. The maximum atomic E-state index is 13.4. The van der Waals surface area contributed by atoms with Crippen molar-refractivity contribution in [3.63, 3.8) is 0 Å². The second kappa shape index (κ2) is 4.74. The lowest BCUT2D eigenvalue weighted by molar-refractivity contribution is 0.518. The highest BCUT2D eigenvalue weighted by molar-refractivity contribution is 7.86. The summed E-state index contributed by atoms with van der Waals surface area (Å²) in [6.07, 6.45) is 0. The van der Waals surface area contributed by atoms with E-state index in [4.69, 9.17) is 5.26 Å². The fourth-order valence-corrected chi connectivity index (χ4v) is 1.96. The molecule has 0 saturated carbocycles. The number of pyridine rings is 1. The first-order valence-corrected chi connectivity index (χ1v) is 6.42. The number of nitriles is 1. The monoisotopic (exact) mass is 280 g/mol. The van der Waals surface area contributed by atoms with Gasteiger partial charge < -0.3 is 0 Å². The van der Waals surface area contributed by atoms with E-state index in [1.54, 1.807) is 0 Å². The molecule has 4 nitrogen and oxygen atoms in total. The quantitative estimate of drug-likeness (QED) is 0.625. The molecule has 96 valence electrons. The number of hydrogen-bond acceptors (Lipinski definition) is 4. The first-order chi connectivity index (χ1) is 8.91. The van der Waals surface area contributed by atoms with Gasteiger partial charge in [0.25, 0.3) is 0 Å². The number of hydrogen-bond donors (Lipinski definition) is 0. The molecule has 1 aromatic heterocycles. The average Bonchev–Trinajstić information content (AvgIpc) is 2.37. The van der Waals surface area contributed by atoms with Crippen molar-refractivity contribution in [3.05, 3.63) is 47.9 Å². The maximum Gasteiger partial charge on any atom is 0.336 e. The Balaban J connectivity index is 2.48. The van der Waals surface area contributed by atoms with Gasteiger partial charge in [0.15, 0.2) is 4.90 Å². The van der Waals surface area contributed by atoms with Crippen LogP contribution in [-0.4, -0.2) is 13.4 Å². The summed E-state index contributed by atoms with van der Waals surface area (Å²) in [5.41, 5.74) is 1.06. The Kier molecular flexibility index (Phi) is 3.27. The van der Waals surface area contributed by atoms with Crippen molar-refractivity contribution in [2.45, 2.75) is 4.90 Å². The second-order valence-electron chi connectivity index (χ2n) is 3.61. The van der Waals surface area contributed by atoms with Crippen LogP contribution in [0.1, 0.15) is 5.56 Å². The number of nitrogens with zero attached hydrogens (tertiary/aromatic N) is 2. The normalized spacial score (nSPS) is 11.0. The Hall–Kier alpha value is -2.33. The highest BCUT2D eigenvalue weighted by Crippen LogP contribution is 2.22. The molecule has 1 aromatic carbocycles. The third-order valence-electron chi connectivity index (χ3n) is 2.39. The zero-order chi connectivity index (χ0) is 14.0. The van der Waals surface area contributed by atoms with E-state index >= 15 is 0 Å². The van der Waals surface area contributed by atoms with Gasteiger partial charge in [0.05, 0.1) is 17.3 Å².